The lowest BCUT2D eigenvalue weighted by molar-refractivity contribution is 0.592. The minimum atomic E-state index is -3.63. The van der Waals surface area contributed by atoms with Gasteiger partial charge in [0.2, 0.25) is 0 Å². The lowest BCUT2D eigenvalue weighted by Crippen LogP contribution is -2.15. The molecule has 1 rings (SSSR count). The Hall–Kier alpha value is -1.25. The molecular weight excluding hydrogens is 236 g/mol. The van der Waals surface area contributed by atoms with E-state index in [4.69, 9.17) is 22.6 Å². The highest BCUT2D eigenvalue weighted by Crippen LogP contribution is 2.24. The number of nitrogens with two attached hydrogens (primary N) is 1. The number of nitrogens with zero attached hydrogens (tertiary/aromatic N) is 1. The average Bonchev–Trinajstić information content (AvgIpc) is 2.20. The van der Waals surface area contributed by atoms with E-state index in [0.29, 0.717) is 5.69 Å². The van der Waals surface area contributed by atoms with Gasteiger partial charge in [0.25, 0.3) is 0 Å². The first-order valence-corrected chi connectivity index (χ1v) is 6.00. The van der Waals surface area contributed by atoms with Gasteiger partial charge in [-0.3, -0.25) is 0 Å². The molecule has 1 aromatic rings. The highest BCUT2D eigenvalue weighted by atomic mass is 35.5. The standard InChI is InChI=1S/C9H9ClN2O2S/c1-6(5-11)15(13,14)7-2-3-9(12)8(10)4-7/h2-4,6H,12H2,1H3. The van der Waals surface area contributed by atoms with E-state index in [0.717, 1.165) is 0 Å². The van der Waals surface area contributed by atoms with Crippen molar-refractivity contribution in [3.8, 4) is 6.07 Å². The predicted molar refractivity (Wildman–Crippen MR) is 58.1 cm³/mol. The van der Waals surface area contributed by atoms with Crippen LogP contribution in [0.1, 0.15) is 6.92 Å². The topological polar surface area (TPSA) is 84.0 Å². The summed E-state index contributed by atoms with van der Waals surface area (Å²) in [6, 6.07) is 5.67. The average molecular weight is 245 g/mol. The molecular formula is C9H9ClN2O2S. The van der Waals surface area contributed by atoms with E-state index in [1.165, 1.54) is 25.1 Å². The molecule has 0 heterocycles. The van der Waals surface area contributed by atoms with Crippen LogP contribution in [0.25, 0.3) is 0 Å². The number of hydrogen-bond acceptors (Lipinski definition) is 4. The van der Waals surface area contributed by atoms with Crippen molar-refractivity contribution in [1.29, 1.82) is 5.26 Å². The Bertz CT molecular complexity index is 519. The second-order valence-corrected chi connectivity index (χ2v) is 5.68. The lowest BCUT2D eigenvalue weighted by atomic mass is 10.3. The monoisotopic (exact) mass is 244 g/mol. The number of nitrogen functional groups attached to an aromatic ring is 1. The fraction of sp³-hybridized carbons (Fsp3) is 0.222. The maximum absolute atomic E-state index is 11.7. The van der Waals surface area contributed by atoms with Crippen LogP contribution in [0.4, 0.5) is 5.69 Å². The van der Waals surface area contributed by atoms with Gasteiger partial charge >= 0.3 is 0 Å². The van der Waals surface area contributed by atoms with Gasteiger partial charge in [-0.15, -0.1) is 0 Å². The predicted octanol–water partition coefficient (Wildman–Crippen LogP) is 1.61. The van der Waals surface area contributed by atoms with E-state index in [1.807, 2.05) is 0 Å². The molecule has 0 aliphatic carbocycles. The van der Waals surface area contributed by atoms with E-state index in [2.05, 4.69) is 0 Å². The summed E-state index contributed by atoms with van der Waals surface area (Å²) in [5, 5.41) is 7.64. The summed E-state index contributed by atoms with van der Waals surface area (Å²) in [6.07, 6.45) is 0. The SMILES string of the molecule is CC(C#N)S(=O)(=O)c1ccc(N)c(Cl)c1. The third kappa shape index (κ3) is 2.22. The van der Waals surface area contributed by atoms with Crippen molar-refractivity contribution >= 4 is 27.1 Å². The normalized spacial score (nSPS) is 13.1. The van der Waals surface area contributed by atoms with Crippen molar-refractivity contribution in [2.24, 2.45) is 0 Å². The Balaban J connectivity index is 3.30. The highest BCUT2D eigenvalue weighted by Gasteiger charge is 2.23. The second kappa shape index (κ2) is 4.09. The molecule has 0 radical (unpaired) electrons. The number of halogens is 1. The molecule has 1 unspecified atom stereocenters. The van der Waals surface area contributed by atoms with Crippen LogP contribution in [0, 0.1) is 11.3 Å². The molecule has 4 nitrogen and oxygen atoms in total. The maximum Gasteiger partial charge on any atom is 0.194 e. The van der Waals surface area contributed by atoms with Crippen molar-refractivity contribution < 1.29 is 8.42 Å². The van der Waals surface area contributed by atoms with Gasteiger partial charge in [0.15, 0.2) is 9.84 Å². The summed E-state index contributed by atoms with van der Waals surface area (Å²) in [6.45, 7) is 1.32. The van der Waals surface area contributed by atoms with Gasteiger partial charge in [-0.1, -0.05) is 11.6 Å². The molecule has 1 aromatic carbocycles. The summed E-state index contributed by atoms with van der Waals surface area (Å²) in [5.74, 6) is 0. The smallest absolute Gasteiger partial charge is 0.194 e. The van der Waals surface area contributed by atoms with Crippen LogP contribution in [0.2, 0.25) is 5.02 Å². The van der Waals surface area contributed by atoms with E-state index in [-0.39, 0.29) is 9.92 Å². The molecule has 0 fully saturated rings. The molecule has 0 amide bonds. The molecule has 0 aliphatic rings. The second-order valence-electron chi connectivity index (χ2n) is 3.00. The Kier molecular flexibility index (Phi) is 3.22. The Morgan fingerprint density at radius 3 is 2.60 bits per heavy atom. The van der Waals surface area contributed by atoms with Gasteiger partial charge in [-0.2, -0.15) is 5.26 Å². The molecule has 0 aromatic heterocycles. The third-order valence-electron chi connectivity index (χ3n) is 1.95. The van der Waals surface area contributed by atoms with Crippen molar-refractivity contribution in [2.75, 3.05) is 5.73 Å². The van der Waals surface area contributed by atoms with E-state index in [1.54, 1.807) is 6.07 Å². The molecule has 0 saturated carbocycles. The minimum Gasteiger partial charge on any atom is -0.398 e. The first-order chi connectivity index (χ1) is 6.89. The minimum absolute atomic E-state index is 0.00995. The van der Waals surface area contributed by atoms with Gasteiger partial charge in [-0.05, 0) is 25.1 Å². The largest absolute Gasteiger partial charge is 0.398 e. The zero-order valence-electron chi connectivity index (χ0n) is 7.94. The molecule has 15 heavy (non-hydrogen) atoms. The highest BCUT2D eigenvalue weighted by molar-refractivity contribution is 7.92. The van der Waals surface area contributed by atoms with Crippen LogP contribution in [-0.4, -0.2) is 13.7 Å². The van der Waals surface area contributed by atoms with Crippen molar-refractivity contribution in [1.82, 2.24) is 0 Å². The van der Waals surface area contributed by atoms with Crippen LogP contribution in [0.5, 0.6) is 0 Å². The van der Waals surface area contributed by atoms with E-state index in [9.17, 15) is 8.42 Å². The number of anilines is 1. The molecule has 0 saturated heterocycles. The Morgan fingerprint density at radius 2 is 2.13 bits per heavy atom. The van der Waals surface area contributed by atoms with Crippen molar-refractivity contribution in [2.45, 2.75) is 17.1 Å². The van der Waals surface area contributed by atoms with Crippen LogP contribution >= 0.6 is 11.6 Å². The van der Waals surface area contributed by atoms with Crippen LogP contribution in [-0.2, 0) is 9.84 Å². The Labute approximate surface area is 93.2 Å². The zero-order chi connectivity index (χ0) is 11.6. The fourth-order valence-corrected chi connectivity index (χ4v) is 2.29. The number of rotatable bonds is 2. The van der Waals surface area contributed by atoms with Crippen LogP contribution < -0.4 is 5.73 Å². The maximum atomic E-state index is 11.7. The van der Waals surface area contributed by atoms with Crippen LogP contribution in [0.3, 0.4) is 0 Å². The molecule has 0 bridgehead atoms. The first-order valence-electron chi connectivity index (χ1n) is 4.08. The number of sulfone groups is 1. The van der Waals surface area contributed by atoms with Crippen LogP contribution in [0.15, 0.2) is 23.1 Å². The number of nitriles is 1. The molecule has 0 aliphatic heterocycles. The van der Waals surface area contributed by atoms with E-state index < -0.39 is 15.1 Å². The van der Waals surface area contributed by atoms with Crippen molar-refractivity contribution in [3.05, 3.63) is 23.2 Å². The van der Waals surface area contributed by atoms with Crippen molar-refractivity contribution in [3.63, 3.8) is 0 Å². The van der Waals surface area contributed by atoms with E-state index >= 15 is 0 Å². The zero-order valence-corrected chi connectivity index (χ0v) is 9.51. The van der Waals surface area contributed by atoms with Gasteiger partial charge in [0, 0.05) is 0 Å². The lowest BCUT2D eigenvalue weighted by Gasteiger charge is -2.06. The quantitative estimate of drug-likeness (QED) is 0.801. The van der Waals surface area contributed by atoms with Gasteiger partial charge in [0.1, 0.15) is 5.25 Å². The molecule has 80 valence electrons. The summed E-state index contributed by atoms with van der Waals surface area (Å²) in [5.41, 5.74) is 5.75. The summed E-state index contributed by atoms with van der Waals surface area (Å²) in [4.78, 5) is 0.00995. The fourth-order valence-electron chi connectivity index (χ4n) is 0.958. The Morgan fingerprint density at radius 1 is 1.53 bits per heavy atom. The van der Waals surface area contributed by atoms with Gasteiger partial charge in [-0.25, -0.2) is 8.42 Å². The van der Waals surface area contributed by atoms with Gasteiger partial charge < -0.3 is 5.73 Å². The first kappa shape index (κ1) is 11.8. The van der Waals surface area contributed by atoms with Gasteiger partial charge in [0.05, 0.1) is 21.7 Å². The summed E-state index contributed by atoms with van der Waals surface area (Å²) < 4.78 is 23.4. The molecule has 0 spiro atoms. The number of benzene rings is 1. The third-order valence-corrected chi connectivity index (χ3v) is 4.22. The summed E-state index contributed by atoms with van der Waals surface area (Å²) in [7, 11) is -3.63. The number of hydrogen-bond donors (Lipinski definition) is 1. The summed E-state index contributed by atoms with van der Waals surface area (Å²) >= 11 is 5.70. The molecule has 1 atom stereocenters. The molecule has 2 N–H and O–H groups in total. The molecule has 6 heteroatoms.